The molecule has 0 radical (unpaired) electrons. The number of hydrogen-bond donors (Lipinski definition) is 2. The van der Waals surface area contributed by atoms with Crippen molar-refractivity contribution in [3.63, 3.8) is 0 Å². The minimum atomic E-state index is -4.96. The second-order valence-electron chi connectivity index (χ2n) is 6.43. The molecule has 0 bridgehead atoms. The van der Waals surface area contributed by atoms with Crippen LogP contribution in [0.4, 0.5) is 26.3 Å². The summed E-state index contributed by atoms with van der Waals surface area (Å²) in [6.45, 7) is 0.183. The minimum absolute atomic E-state index is 0.151. The maximum Gasteiger partial charge on any atom is 0.433 e. The van der Waals surface area contributed by atoms with Gasteiger partial charge >= 0.3 is 12.4 Å². The standard InChI is InChI=1S/C20H16F6N2O/c21-19(22,23)15-8-4-7-13-14(9-17(20(24,25)26)28-18(13)15)16(29)11-27-10-12-5-2-1-3-6-12/h1-9,16,27,29H,10-11H2. The molecule has 9 heteroatoms. The van der Waals surface area contributed by atoms with Crippen LogP contribution in [0.2, 0.25) is 0 Å². The van der Waals surface area contributed by atoms with Crippen LogP contribution in [0.1, 0.15) is 28.5 Å². The van der Waals surface area contributed by atoms with Crippen molar-refractivity contribution in [2.24, 2.45) is 0 Å². The van der Waals surface area contributed by atoms with Crippen LogP contribution in [0.25, 0.3) is 10.9 Å². The number of alkyl halides is 6. The summed E-state index contributed by atoms with van der Waals surface area (Å²) in [7, 11) is 0. The Kier molecular flexibility index (Phi) is 5.81. The molecule has 0 saturated heterocycles. The van der Waals surface area contributed by atoms with E-state index in [2.05, 4.69) is 10.3 Å². The molecule has 0 saturated carbocycles. The van der Waals surface area contributed by atoms with Gasteiger partial charge in [-0.25, -0.2) is 4.98 Å². The number of aliphatic hydroxyl groups is 1. The number of nitrogens with one attached hydrogen (secondary N) is 1. The third-order valence-electron chi connectivity index (χ3n) is 4.34. The lowest BCUT2D eigenvalue weighted by atomic mass is 9.99. The van der Waals surface area contributed by atoms with Crippen molar-refractivity contribution in [3.05, 3.63) is 77.0 Å². The number of halogens is 6. The fourth-order valence-corrected chi connectivity index (χ4v) is 2.98. The summed E-state index contributed by atoms with van der Waals surface area (Å²) < 4.78 is 79.5. The maximum absolute atomic E-state index is 13.3. The normalized spacial score (nSPS) is 13.6. The molecule has 1 atom stereocenters. The molecule has 0 aliphatic carbocycles. The number of rotatable bonds is 5. The number of aliphatic hydroxyl groups excluding tert-OH is 1. The lowest BCUT2D eigenvalue weighted by Crippen LogP contribution is -2.22. The smallest absolute Gasteiger partial charge is 0.387 e. The predicted octanol–water partition coefficient (Wildman–Crippen LogP) is 5.10. The predicted molar refractivity (Wildman–Crippen MR) is 94.9 cm³/mol. The first-order valence-electron chi connectivity index (χ1n) is 8.58. The van der Waals surface area contributed by atoms with Gasteiger partial charge in [0.05, 0.1) is 17.2 Å². The van der Waals surface area contributed by atoms with E-state index in [0.29, 0.717) is 18.7 Å². The van der Waals surface area contributed by atoms with Crippen LogP contribution in [0.3, 0.4) is 0 Å². The average molecular weight is 414 g/mol. The Morgan fingerprint density at radius 3 is 2.21 bits per heavy atom. The van der Waals surface area contributed by atoms with E-state index in [1.54, 1.807) is 12.1 Å². The Morgan fingerprint density at radius 2 is 1.59 bits per heavy atom. The van der Waals surface area contributed by atoms with Crippen LogP contribution in [0.5, 0.6) is 0 Å². The second kappa shape index (κ2) is 8.00. The molecule has 29 heavy (non-hydrogen) atoms. The van der Waals surface area contributed by atoms with Crippen LogP contribution in [-0.2, 0) is 18.9 Å². The van der Waals surface area contributed by atoms with Crippen molar-refractivity contribution in [1.29, 1.82) is 0 Å². The zero-order chi connectivity index (χ0) is 21.2. The third kappa shape index (κ3) is 4.86. The lowest BCUT2D eigenvalue weighted by Gasteiger charge is -2.19. The van der Waals surface area contributed by atoms with Gasteiger partial charge in [0.2, 0.25) is 0 Å². The molecule has 3 nitrogen and oxygen atoms in total. The molecule has 0 amide bonds. The highest BCUT2D eigenvalue weighted by molar-refractivity contribution is 5.86. The van der Waals surface area contributed by atoms with Crippen molar-refractivity contribution in [2.45, 2.75) is 25.0 Å². The molecule has 3 aromatic rings. The first-order chi connectivity index (χ1) is 13.6. The molecule has 2 aromatic carbocycles. The van der Waals surface area contributed by atoms with Crippen LogP contribution >= 0.6 is 0 Å². The Morgan fingerprint density at radius 1 is 0.897 bits per heavy atom. The lowest BCUT2D eigenvalue weighted by molar-refractivity contribution is -0.142. The quantitative estimate of drug-likeness (QED) is 0.572. The molecule has 154 valence electrons. The highest BCUT2D eigenvalue weighted by Gasteiger charge is 2.37. The molecule has 1 heterocycles. The van der Waals surface area contributed by atoms with Gasteiger partial charge in [-0.3, -0.25) is 0 Å². The van der Waals surface area contributed by atoms with Crippen LogP contribution in [0.15, 0.2) is 54.6 Å². The zero-order valence-corrected chi connectivity index (χ0v) is 14.8. The summed E-state index contributed by atoms with van der Waals surface area (Å²) in [5.41, 5.74) is -3.00. The summed E-state index contributed by atoms with van der Waals surface area (Å²) in [5, 5.41) is 13.2. The van der Waals surface area contributed by atoms with Gasteiger partial charge < -0.3 is 10.4 Å². The fraction of sp³-hybridized carbons (Fsp3) is 0.250. The van der Waals surface area contributed by atoms with Gasteiger partial charge in [-0.2, -0.15) is 26.3 Å². The molecule has 1 unspecified atom stereocenters. The van der Waals surface area contributed by atoms with Gasteiger partial charge in [-0.05, 0) is 23.3 Å². The Balaban J connectivity index is 1.99. The third-order valence-corrected chi connectivity index (χ3v) is 4.34. The summed E-state index contributed by atoms with van der Waals surface area (Å²) in [4.78, 5) is 3.21. The number of nitrogens with zero attached hydrogens (tertiary/aromatic N) is 1. The van der Waals surface area contributed by atoms with Crippen molar-refractivity contribution in [2.75, 3.05) is 6.54 Å². The van der Waals surface area contributed by atoms with Crippen LogP contribution < -0.4 is 5.32 Å². The molecular formula is C20H16F6N2O. The summed E-state index contributed by atoms with van der Waals surface area (Å²) in [6.07, 6.45) is -11.3. The minimum Gasteiger partial charge on any atom is -0.387 e. The van der Waals surface area contributed by atoms with Crippen LogP contribution in [0, 0.1) is 0 Å². The van der Waals surface area contributed by atoms with E-state index in [9.17, 15) is 31.4 Å². The summed E-state index contributed by atoms with van der Waals surface area (Å²) in [5.74, 6) is 0. The van der Waals surface area contributed by atoms with E-state index in [0.717, 1.165) is 11.6 Å². The van der Waals surface area contributed by atoms with Crippen molar-refractivity contribution >= 4 is 10.9 Å². The molecule has 2 N–H and O–H groups in total. The van der Waals surface area contributed by atoms with E-state index in [4.69, 9.17) is 0 Å². The summed E-state index contributed by atoms with van der Waals surface area (Å²) in [6, 6.07) is 12.6. The molecule has 0 spiro atoms. The first kappa shape index (κ1) is 21.1. The molecule has 3 rings (SSSR count). The van der Waals surface area contributed by atoms with E-state index in [1.807, 2.05) is 18.2 Å². The number of aromatic nitrogens is 1. The summed E-state index contributed by atoms with van der Waals surface area (Å²) >= 11 is 0. The first-order valence-corrected chi connectivity index (χ1v) is 8.58. The van der Waals surface area contributed by atoms with Gasteiger partial charge in [0.15, 0.2) is 0 Å². The highest BCUT2D eigenvalue weighted by atomic mass is 19.4. The zero-order valence-electron chi connectivity index (χ0n) is 14.8. The number of benzene rings is 2. The average Bonchev–Trinajstić information content (AvgIpc) is 2.66. The SMILES string of the molecule is OC(CNCc1ccccc1)c1cc(C(F)(F)F)nc2c(C(F)(F)F)cccc12. The number of para-hydroxylation sites is 1. The molecule has 0 fully saturated rings. The second-order valence-corrected chi connectivity index (χ2v) is 6.43. The van der Waals surface area contributed by atoms with Gasteiger partial charge in [0.1, 0.15) is 5.69 Å². The van der Waals surface area contributed by atoms with Gasteiger partial charge in [0.25, 0.3) is 0 Å². The van der Waals surface area contributed by atoms with E-state index >= 15 is 0 Å². The molecular weight excluding hydrogens is 398 g/mol. The number of hydrogen-bond acceptors (Lipinski definition) is 3. The van der Waals surface area contributed by atoms with Gasteiger partial charge in [-0.1, -0.05) is 42.5 Å². The van der Waals surface area contributed by atoms with E-state index in [1.165, 1.54) is 6.07 Å². The monoisotopic (exact) mass is 414 g/mol. The Hall–Kier alpha value is -2.65. The van der Waals surface area contributed by atoms with E-state index in [-0.39, 0.29) is 17.5 Å². The Bertz CT molecular complexity index is 986. The molecule has 0 aliphatic rings. The maximum atomic E-state index is 13.3. The number of pyridine rings is 1. The van der Waals surface area contributed by atoms with E-state index < -0.39 is 35.2 Å². The van der Waals surface area contributed by atoms with Gasteiger partial charge in [0, 0.05) is 18.5 Å². The van der Waals surface area contributed by atoms with Crippen molar-refractivity contribution in [3.8, 4) is 0 Å². The Labute approximate surface area is 162 Å². The van der Waals surface area contributed by atoms with Crippen LogP contribution in [-0.4, -0.2) is 16.6 Å². The fourth-order valence-electron chi connectivity index (χ4n) is 2.98. The van der Waals surface area contributed by atoms with Crippen molar-refractivity contribution in [1.82, 2.24) is 10.3 Å². The molecule has 1 aromatic heterocycles. The highest BCUT2D eigenvalue weighted by Crippen LogP contribution is 2.38. The topological polar surface area (TPSA) is 45.1 Å². The number of fused-ring (bicyclic) bond motifs is 1. The largest absolute Gasteiger partial charge is 0.433 e. The van der Waals surface area contributed by atoms with Gasteiger partial charge in [-0.15, -0.1) is 0 Å². The molecule has 0 aliphatic heterocycles. The van der Waals surface area contributed by atoms with Crippen molar-refractivity contribution < 1.29 is 31.4 Å².